The first-order chi connectivity index (χ1) is 32.0. The molecule has 66 heavy (non-hydrogen) atoms. The van der Waals surface area contributed by atoms with Crippen molar-refractivity contribution in [3.05, 3.63) is 36.0 Å². The summed E-state index contributed by atoms with van der Waals surface area (Å²) in [6.45, 7) is 21.8. The highest BCUT2D eigenvalue weighted by Crippen LogP contribution is 2.69. The first-order valence-corrected chi connectivity index (χ1v) is 28.6. The molecule has 382 valence electrons. The Balaban J connectivity index is 0.923. The summed E-state index contributed by atoms with van der Waals surface area (Å²) in [7, 11) is 0. The van der Waals surface area contributed by atoms with Gasteiger partial charge in [-0.25, -0.2) is 0 Å². The summed E-state index contributed by atoms with van der Waals surface area (Å²) in [6, 6.07) is 0. The molecule has 1 aliphatic heterocycles. The van der Waals surface area contributed by atoms with Gasteiger partial charge >= 0.3 is 0 Å². The van der Waals surface area contributed by atoms with Gasteiger partial charge in [-0.15, -0.1) is 0 Å². The number of unbranched alkanes of at least 4 members (excludes halogenated alkanes) is 11. The summed E-state index contributed by atoms with van der Waals surface area (Å²) in [4.78, 5) is 2.57. The van der Waals surface area contributed by atoms with Crippen molar-refractivity contribution < 1.29 is 18.9 Å². The Labute approximate surface area is 408 Å². The predicted octanol–water partition coefficient (Wildman–Crippen LogP) is 14.1. The molecule has 4 fully saturated rings. The highest BCUT2D eigenvalue weighted by Gasteiger charge is 2.70. The summed E-state index contributed by atoms with van der Waals surface area (Å²) in [5.74, 6) is 2.58. The van der Waals surface area contributed by atoms with Crippen molar-refractivity contribution in [2.24, 2.45) is 46.0 Å². The summed E-state index contributed by atoms with van der Waals surface area (Å²) in [5.41, 5.74) is 16.8. The topological polar surface area (TPSA) is 92.2 Å². The minimum atomic E-state index is -0.241. The maximum atomic E-state index is 7.76. The lowest BCUT2D eigenvalue weighted by Crippen LogP contribution is -2.75. The van der Waals surface area contributed by atoms with Crippen LogP contribution in [0.1, 0.15) is 221 Å². The van der Waals surface area contributed by atoms with E-state index in [0.717, 1.165) is 76.4 Å². The lowest BCUT2D eigenvalue weighted by molar-refractivity contribution is -0.0964. The molecular formula is C59H107N3O4. The van der Waals surface area contributed by atoms with Crippen molar-refractivity contribution in [2.75, 3.05) is 59.3 Å². The molecule has 1 heterocycles. The van der Waals surface area contributed by atoms with Gasteiger partial charge in [0.2, 0.25) is 0 Å². The molecule has 0 aromatic heterocycles. The molecule has 4 aliphatic carbocycles. The van der Waals surface area contributed by atoms with E-state index in [2.05, 4.69) is 76.8 Å². The Kier molecular flexibility index (Phi) is 24.8. The molecule has 0 bridgehead atoms. The fraction of sp³-hybridized carbons (Fsp3) is 0.898. The van der Waals surface area contributed by atoms with E-state index in [9.17, 15) is 0 Å². The van der Waals surface area contributed by atoms with Crippen molar-refractivity contribution in [1.29, 1.82) is 0 Å². The molecule has 0 spiro atoms. The summed E-state index contributed by atoms with van der Waals surface area (Å²) in [6.07, 6.45) is 47.2. The van der Waals surface area contributed by atoms with E-state index < -0.39 is 0 Å². The van der Waals surface area contributed by atoms with E-state index in [-0.39, 0.29) is 34.1 Å². The van der Waals surface area contributed by atoms with E-state index in [1.807, 2.05) is 0 Å². The van der Waals surface area contributed by atoms with Crippen LogP contribution in [0, 0.1) is 34.5 Å². The van der Waals surface area contributed by atoms with Crippen LogP contribution in [0.4, 0.5) is 0 Å². The normalized spacial score (nSPS) is 31.3. The summed E-state index contributed by atoms with van der Waals surface area (Å²) in [5, 5.41) is 0. The van der Waals surface area contributed by atoms with E-state index in [1.165, 1.54) is 147 Å². The maximum absolute atomic E-state index is 7.76. The van der Waals surface area contributed by atoms with Gasteiger partial charge in [0.05, 0.1) is 45.2 Å². The standard InChI is InChI=1S/C59H107N3O4/c1-7-8-9-10-11-12-13-14-15-16-17-18-19-20-21-22-23-27-41-64-48-53(47-62-39-25-24-26-40-62)66-45-43-63-42-44-65-52-33-35-56(5)51(46-52)31-32-55-58(60)36-34-54(50(4)30-28-29-49(2)3)57(58,6)37-38-59(55,56)61/h11-12,14-15,31,49-50,52-55H,7-10,13,16-30,32-48,60-61H2,1-6H3/b12-11-,15-14-/t50-,52+,53?,54-,55+,56+,57-,58-,59-/m1/s1. The van der Waals surface area contributed by atoms with Gasteiger partial charge in [0, 0.05) is 29.6 Å². The van der Waals surface area contributed by atoms with Crippen LogP contribution < -0.4 is 11.5 Å². The van der Waals surface area contributed by atoms with Gasteiger partial charge in [0.15, 0.2) is 0 Å². The average molecular weight is 923 g/mol. The molecule has 5 rings (SSSR count). The second-order valence-electron chi connectivity index (χ2n) is 23.4. The molecule has 4 N–H and O–H groups in total. The number of ether oxygens (including phenoxy) is 4. The highest BCUT2D eigenvalue weighted by molar-refractivity contribution is 5.35. The molecule has 0 radical (unpaired) electrons. The van der Waals surface area contributed by atoms with Crippen LogP contribution in [-0.4, -0.2) is 87.5 Å². The molecule has 7 heteroatoms. The van der Waals surface area contributed by atoms with Gasteiger partial charge in [-0.2, -0.15) is 0 Å². The molecule has 1 saturated heterocycles. The summed E-state index contributed by atoms with van der Waals surface area (Å²) < 4.78 is 25.2. The number of hydrogen-bond donors (Lipinski definition) is 2. The van der Waals surface area contributed by atoms with E-state index in [4.69, 9.17) is 30.4 Å². The van der Waals surface area contributed by atoms with Crippen molar-refractivity contribution in [3.63, 3.8) is 0 Å². The summed E-state index contributed by atoms with van der Waals surface area (Å²) >= 11 is 0. The monoisotopic (exact) mass is 922 g/mol. The maximum Gasteiger partial charge on any atom is 0.0936 e. The molecule has 7 nitrogen and oxygen atoms in total. The number of nitrogens with zero attached hydrogens (tertiary/aromatic N) is 1. The number of nitrogens with two attached hydrogens (primary N) is 2. The van der Waals surface area contributed by atoms with Crippen LogP contribution in [0.3, 0.4) is 0 Å². The van der Waals surface area contributed by atoms with Gasteiger partial charge in [-0.05, 0) is 145 Å². The van der Waals surface area contributed by atoms with Gasteiger partial charge in [-0.1, -0.05) is 155 Å². The van der Waals surface area contributed by atoms with Gasteiger partial charge in [0.1, 0.15) is 0 Å². The van der Waals surface area contributed by atoms with Crippen molar-refractivity contribution in [3.8, 4) is 0 Å². The van der Waals surface area contributed by atoms with Crippen LogP contribution in [0.5, 0.6) is 0 Å². The van der Waals surface area contributed by atoms with Crippen molar-refractivity contribution in [2.45, 2.75) is 245 Å². The molecule has 0 amide bonds. The zero-order chi connectivity index (χ0) is 47.1. The minimum absolute atomic E-state index is 0.00468. The first kappa shape index (κ1) is 55.9. The zero-order valence-electron chi connectivity index (χ0n) is 44.2. The van der Waals surface area contributed by atoms with Crippen LogP contribution in [0.25, 0.3) is 0 Å². The fourth-order valence-corrected chi connectivity index (χ4v) is 13.9. The number of likely N-dealkylation sites (tertiary alicyclic amines) is 1. The van der Waals surface area contributed by atoms with Crippen molar-refractivity contribution >= 4 is 0 Å². The Morgan fingerprint density at radius 2 is 1.39 bits per heavy atom. The number of rotatable bonds is 34. The van der Waals surface area contributed by atoms with E-state index in [1.54, 1.807) is 0 Å². The smallest absolute Gasteiger partial charge is 0.0936 e. The molecule has 3 saturated carbocycles. The van der Waals surface area contributed by atoms with E-state index in [0.29, 0.717) is 44.9 Å². The molecule has 1 unspecified atom stereocenters. The molecule has 5 aliphatic rings. The molecule has 0 aromatic rings. The van der Waals surface area contributed by atoms with Gasteiger partial charge in [-0.3, -0.25) is 0 Å². The lowest BCUT2D eigenvalue weighted by Gasteiger charge is -2.67. The Morgan fingerprint density at radius 1 is 0.697 bits per heavy atom. The third kappa shape index (κ3) is 16.0. The van der Waals surface area contributed by atoms with Crippen LogP contribution in [0.2, 0.25) is 0 Å². The molecule has 9 atom stereocenters. The molecule has 0 aromatic carbocycles. The highest BCUT2D eigenvalue weighted by atomic mass is 16.6. The van der Waals surface area contributed by atoms with Gasteiger partial charge in [0.25, 0.3) is 0 Å². The second kappa shape index (κ2) is 29.3. The largest absolute Gasteiger partial charge is 0.379 e. The minimum Gasteiger partial charge on any atom is -0.379 e. The quantitative estimate of drug-likeness (QED) is 0.0491. The Hall–Kier alpha value is -1.06. The number of fused-ring (bicyclic) bond motifs is 5. The zero-order valence-corrected chi connectivity index (χ0v) is 44.2. The third-order valence-electron chi connectivity index (χ3n) is 18.3. The van der Waals surface area contributed by atoms with Crippen molar-refractivity contribution in [1.82, 2.24) is 4.90 Å². The first-order valence-electron chi connectivity index (χ1n) is 28.6. The van der Waals surface area contributed by atoms with Crippen LogP contribution >= 0.6 is 0 Å². The predicted molar refractivity (Wildman–Crippen MR) is 280 cm³/mol. The number of piperidine rings is 1. The second-order valence-corrected chi connectivity index (χ2v) is 23.4. The third-order valence-corrected chi connectivity index (χ3v) is 18.3. The number of hydrogen-bond acceptors (Lipinski definition) is 7. The van der Waals surface area contributed by atoms with Gasteiger partial charge < -0.3 is 35.3 Å². The average Bonchev–Trinajstić information content (AvgIpc) is 3.58. The van der Waals surface area contributed by atoms with Crippen LogP contribution in [0.15, 0.2) is 36.0 Å². The van der Waals surface area contributed by atoms with Crippen LogP contribution in [-0.2, 0) is 18.9 Å². The Morgan fingerprint density at radius 3 is 2.12 bits per heavy atom. The SMILES string of the molecule is CCCCC/C=C\C/C=C\CCCCCCCCCCOCC(CN1CCCCC1)OCCOCCO[C@H]1CC[C@@]2(C)C(=CC[C@@H]3[C@]2(N)CC[C@]2(C)[C@@H]([C@H](C)CCCC(C)C)CC[C@@]32N)C1. The fourth-order valence-electron chi connectivity index (χ4n) is 13.9. The lowest BCUT2D eigenvalue weighted by atomic mass is 9.41. The molecular weight excluding hydrogens is 815 g/mol. The number of allylic oxidation sites excluding steroid dienone is 5. The van der Waals surface area contributed by atoms with E-state index >= 15 is 0 Å². The Bertz CT molecular complexity index is 1410.